The van der Waals surface area contributed by atoms with Crippen molar-refractivity contribution in [2.24, 2.45) is 5.92 Å². The molecule has 10 nitrogen and oxygen atoms in total. The Morgan fingerprint density at radius 3 is 2.74 bits per heavy atom. The van der Waals surface area contributed by atoms with Gasteiger partial charge in [-0.15, -0.1) is 5.10 Å². The molecule has 172 valence electrons. The Balaban J connectivity index is 1.40. The number of nitrogens with one attached hydrogen (secondary N) is 2. The number of hydrogen-bond acceptors (Lipinski definition) is 7. The quantitative estimate of drug-likeness (QED) is 0.394. The summed E-state index contributed by atoms with van der Waals surface area (Å²) in [6.45, 7) is 3.49. The number of benzene rings is 1. The molecule has 0 bridgehead atoms. The van der Waals surface area contributed by atoms with E-state index >= 15 is 0 Å². The Bertz CT molecular complexity index is 1640. The van der Waals surface area contributed by atoms with Gasteiger partial charge in [0.1, 0.15) is 23.0 Å². The van der Waals surface area contributed by atoms with E-state index < -0.39 is 0 Å². The minimum Gasteiger partial charge on any atom is -0.354 e. The summed E-state index contributed by atoms with van der Waals surface area (Å²) in [6, 6.07) is 11.1. The van der Waals surface area contributed by atoms with Crippen molar-refractivity contribution in [3.63, 3.8) is 0 Å². The molecule has 5 heterocycles. The van der Waals surface area contributed by atoms with Crippen LogP contribution in [0.15, 0.2) is 63.7 Å². The van der Waals surface area contributed by atoms with Crippen molar-refractivity contribution in [1.29, 1.82) is 0 Å². The first-order valence-electron chi connectivity index (χ1n) is 10.7. The fourth-order valence-electron chi connectivity index (χ4n) is 4.39. The first-order valence-corrected chi connectivity index (χ1v) is 12.0. The maximum absolute atomic E-state index is 13.5. The van der Waals surface area contributed by atoms with Crippen molar-refractivity contribution in [2.75, 3.05) is 18.0 Å². The largest absolute Gasteiger partial charge is 0.354 e. The van der Waals surface area contributed by atoms with Gasteiger partial charge in [0.25, 0.3) is 11.1 Å². The number of thioether (sulfide) groups is 1. The molecule has 6 rings (SSSR count). The number of anilines is 1. The maximum atomic E-state index is 13.5. The van der Waals surface area contributed by atoms with Crippen LogP contribution in [0.2, 0.25) is 5.02 Å². The lowest BCUT2D eigenvalue weighted by molar-refractivity contribution is 0.659. The van der Waals surface area contributed by atoms with Crippen LogP contribution in [-0.4, -0.2) is 52.7 Å². The highest BCUT2D eigenvalue weighted by Crippen LogP contribution is 2.35. The summed E-state index contributed by atoms with van der Waals surface area (Å²) >= 11 is 7.83. The number of nitrogens with zero attached hydrogens (tertiary/aromatic N) is 6. The fourth-order valence-corrected chi connectivity index (χ4v) is 5.89. The smallest absolute Gasteiger partial charge is 0.284 e. The molecular formula is C22H19ClN8O2S. The number of para-hydroxylation sites is 1. The molecule has 0 saturated carbocycles. The second-order valence-electron chi connectivity index (χ2n) is 8.25. The number of aromatic nitrogens is 7. The number of hydrogen-bond donors (Lipinski definition) is 2. The first kappa shape index (κ1) is 21.0. The third kappa shape index (κ3) is 3.31. The van der Waals surface area contributed by atoms with Crippen molar-refractivity contribution in [3.05, 3.63) is 74.7 Å². The molecule has 34 heavy (non-hydrogen) atoms. The average molecular weight is 495 g/mol. The SMILES string of the molecule is C[C@H]1CN(c2ncnc3[nH][nH]c(=O)c23)CC1Sc1nn2ccc(Cl)c2c(=O)n1-c1ccccc1. The fraction of sp³-hybridized carbons (Fsp3) is 0.227. The second-order valence-corrected chi connectivity index (χ2v) is 9.87. The van der Waals surface area contributed by atoms with Crippen molar-refractivity contribution in [1.82, 2.24) is 34.3 Å². The van der Waals surface area contributed by atoms with Gasteiger partial charge in [0.15, 0.2) is 10.8 Å². The topological polar surface area (TPSA) is 117 Å². The van der Waals surface area contributed by atoms with E-state index in [0.717, 1.165) is 5.69 Å². The van der Waals surface area contributed by atoms with Crippen LogP contribution in [0.25, 0.3) is 22.2 Å². The van der Waals surface area contributed by atoms with Gasteiger partial charge in [0.2, 0.25) is 0 Å². The Hall–Kier alpha value is -3.57. The van der Waals surface area contributed by atoms with E-state index in [-0.39, 0.29) is 22.3 Å². The minimum atomic E-state index is -0.246. The molecule has 12 heteroatoms. The Morgan fingerprint density at radius 2 is 1.91 bits per heavy atom. The lowest BCUT2D eigenvalue weighted by Crippen LogP contribution is -2.26. The van der Waals surface area contributed by atoms with Gasteiger partial charge in [-0.1, -0.05) is 48.5 Å². The van der Waals surface area contributed by atoms with Crippen LogP contribution < -0.4 is 16.0 Å². The molecule has 4 aromatic heterocycles. The number of rotatable bonds is 4. The predicted octanol–water partition coefficient (Wildman–Crippen LogP) is 2.72. The molecule has 2 N–H and O–H groups in total. The summed E-state index contributed by atoms with van der Waals surface area (Å²) in [4.78, 5) is 36.4. The van der Waals surface area contributed by atoms with E-state index in [9.17, 15) is 9.59 Å². The van der Waals surface area contributed by atoms with E-state index in [1.165, 1.54) is 22.6 Å². The highest BCUT2D eigenvalue weighted by molar-refractivity contribution is 7.99. The van der Waals surface area contributed by atoms with E-state index in [4.69, 9.17) is 16.7 Å². The van der Waals surface area contributed by atoms with Crippen LogP contribution in [0.4, 0.5) is 5.82 Å². The summed E-state index contributed by atoms with van der Waals surface area (Å²) in [6.07, 6.45) is 3.14. The molecule has 0 spiro atoms. The van der Waals surface area contributed by atoms with E-state index in [1.54, 1.807) is 16.8 Å². The van der Waals surface area contributed by atoms with Gasteiger partial charge in [-0.3, -0.25) is 24.4 Å². The van der Waals surface area contributed by atoms with E-state index in [1.807, 2.05) is 30.3 Å². The third-order valence-electron chi connectivity index (χ3n) is 6.07. The van der Waals surface area contributed by atoms with Gasteiger partial charge in [-0.05, 0) is 24.1 Å². The molecule has 1 aromatic carbocycles. The van der Waals surface area contributed by atoms with Gasteiger partial charge in [-0.25, -0.2) is 14.5 Å². The number of aromatic amines is 2. The summed E-state index contributed by atoms with van der Waals surface area (Å²) in [5.41, 5.74) is 1.07. The molecule has 1 aliphatic heterocycles. The van der Waals surface area contributed by atoms with Crippen LogP contribution in [-0.2, 0) is 0 Å². The van der Waals surface area contributed by atoms with Gasteiger partial charge >= 0.3 is 0 Å². The van der Waals surface area contributed by atoms with Crippen LogP contribution in [0.5, 0.6) is 0 Å². The zero-order valence-corrected chi connectivity index (χ0v) is 19.5. The van der Waals surface area contributed by atoms with Crippen LogP contribution in [0.1, 0.15) is 6.92 Å². The van der Waals surface area contributed by atoms with E-state index in [0.29, 0.717) is 45.6 Å². The Kier molecular flexibility index (Phi) is 4.96. The first-order chi connectivity index (χ1) is 16.5. The van der Waals surface area contributed by atoms with Gasteiger partial charge in [-0.2, -0.15) is 0 Å². The zero-order chi connectivity index (χ0) is 23.4. The normalized spacial score (nSPS) is 18.4. The Morgan fingerprint density at radius 1 is 1.09 bits per heavy atom. The molecule has 0 radical (unpaired) electrons. The van der Waals surface area contributed by atoms with Crippen molar-refractivity contribution in [2.45, 2.75) is 17.3 Å². The average Bonchev–Trinajstić information content (AvgIpc) is 3.52. The van der Waals surface area contributed by atoms with Gasteiger partial charge in [0.05, 0.1) is 10.7 Å². The second kappa shape index (κ2) is 8.03. The van der Waals surface area contributed by atoms with E-state index in [2.05, 4.69) is 32.0 Å². The van der Waals surface area contributed by atoms with Gasteiger partial charge < -0.3 is 4.90 Å². The highest BCUT2D eigenvalue weighted by Gasteiger charge is 2.34. The van der Waals surface area contributed by atoms with Crippen LogP contribution in [0.3, 0.4) is 0 Å². The molecule has 2 atom stereocenters. The summed E-state index contributed by atoms with van der Waals surface area (Å²) in [5.74, 6) is 0.849. The monoisotopic (exact) mass is 494 g/mol. The van der Waals surface area contributed by atoms with Crippen LogP contribution in [0, 0.1) is 5.92 Å². The van der Waals surface area contributed by atoms with Crippen molar-refractivity contribution >= 4 is 45.7 Å². The lowest BCUT2D eigenvalue weighted by Gasteiger charge is -2.18. The molecule has 1 saturated heterocycles. The molecule has 1 unspecified atom stereocenters. The highest BCUT2D eigenvalue weighted by atomic mass is 35.5. The lowest BCUT2D eigenvalue weighted by atomic mass is 10.1. The molecular weight excluding hydrogens is 476 g/mol. The maximum Gasteiger partial charge on any atom is 0.284 e. The number of fused-ring (bicyclic) bond motifs is 2. The third-order valence-corrected chi connectivity index (χ3v) is 7.77. The zero-order valence-electron chi connectivity index (χ0n) is 18.0. The van der Waals surface area contributed by atoms with Crippen molar-refractivity contribution in [3.8, 4) is 5.69 Å². The summed E-state index contributed by atoms with van der Waals surface area (Å²) < 4.78 is 3.15. The molecule has 0 amide bonds. The van der Waals surface area contributed by atoms with Gasteiger partial charge in [0, 0.05) is 24.5 Å². The molecule has 1 fully saturated rings. The summed E-state index contributed by atoms with van der Waals surface area (Å²) in [7, 11) is 0. The number of H-pyrrole nitrogens is 2. The molecule has 5 aromatic rings. The number of halogens is 1. The minimum absolute atomic E-state index is 0.105. The van der Waals surface area contributed by atoms with Crippen LogP contribution >= 0.6 is 23.4 Å². The molecule has 0 aliphatic carbocycles. The Labute approximate surface area is 201 Å². The summed E-state index contributed by atoms with van der Waals surface area (Å²) in [5, 5.41) is 11.6. The molecule has 1 aliphatic rings. The standard InChI is InChI=1S/C22H19ClN8O2S/c1-12-9-29(19-16-18(24-11-25-19)26-27-20(16)32)10-15(12)34-22-28-30-8-7-14(23)17(30)21(33)31(22)13-5-3-2-4-6-13/h2-8,11-12,15H,9-10H2,1H3,(H2,24,25,26,27,32)/t12-,15?/m0/s1. The van der Waals surface area contributed by atoms with Crippen molar-refractivity contribution < 1.29 is 0 Å². The predicted molar refractivity (Wildman–Crippen MR) is 131 cm³/mol.